The summed E-state index contributed by atoms with van der Waals surface area (Å²) in [4.78, 5) is 26.1. The number of rotatable bonds is 11. The Balaban J connectivity index is 1.97. The van der Waals surface area contributed by atoms with Gasteiger partial charge in [-0.1, -0.05) is 0 Å². The zero-order valence-corrected chi connectivity index (χ0v) is 18.5. The van der Waals surface area contributed by atoms with Gasteiger partial charge in [-0.15, -0.1) is 0 Å². The van der Waals surface area contributed by atoms with E-state index in [1.165, 1.54) is 13.3 Å². The van der Waals surface area contributed by atoms with E-state index >= 15 is 0 Å². The molecule has 0 aliphatic rings. The van der Waals surface area contributed by atoms with Crippen LogP contribution in [0.1, 0.15) is 36.7 Å². The summed E-state index contributed by atoms with van der Waals surface area (Å²) in [6.45, 7) is 8.29. The van der Waals surface area contributed by atoms with Gasteiger partial charge in [-0.05, 0) is 68.8 Å². The number of hydrazone groups is 1. The van der Waals surface area contributed by atoms with Crippen LogP contribution in [0, 0.1) is 0 Å². The lowest BCUT2D eigenvalue weighted by Gasteiger charge is -2.20. The van der Waals surface area contributed by atoms with E-state index in [-0.39, 0.29) is 18.4 Å². The molecule has 2 aromatic rings. The maximum atomic E-state index is 12.3. The average Bonchev–Trinajstić information content (AvgIpc) is 2.79. The number of amides is 2. The quantitative estimate of drug-likeness (QED) is 0.426. The molecule has 0 radical (unpaired) electrons. The van der Waals surface area contributed by atoms with Crippen molar-refractivity contribution in [2.24, 2.45) is 5.10 Å². The molecule has 2 aromatic carbocycles. The van der Waals surface area contributed by atoms with Gasteiger partial charge in [0.2, 0.25) is 0 Å². The number of hydrogen-bond acceptors (Lipinski definition) is 6. The maximum absolute atomic E-state index is 12.3. The molecule has 0 saturated carbocycles. The molecule has 0 unspecified atom stereocenters. The summed E-state index contributed by atoms with van der Waals surface area (Å²) in [5, 5.41) is 6.68. The van der Waals surface area contributed by atoms with Crippen molar-refractivity contribution in [2.75, 3.05) is 38.3 Å². The van der Waals surface area contributed by atoms with Gasteiger partial charge < -0.3 is 19.7 Å². The van der Waals surface area contributed by atoms with Gasteiger partial charge in [0.15, 0.2) is 18.1 Å². The van der Waals surface area contributed by atoms with Crippen LogP contribution < -0.4 is 25.1 Å². The predicted octanol–water partition coefficient (Wildman–Crippen LogP) is 2.82. The Hall–Kier alpha value is -3.55. The molecule has 8 heteroatoms. The number of hydrogen-bond donors (Lipinski definition) is 2. The lowest BCUT2D eigenvalue weighted by Crippen LogP contribution is -2.28. The van der Waals surface area contributed by atoms with Crippen LogP contribution in [0.2, 0.25) is 0 Å². The lowest BCUT2D eigenvalue weighted by molar-refractivity contribution is -0.123. The van der Waals surface area contributed by atoms with E-state index in [2.05, 4.69) is 34.6 Å². The second-order valence-electron chi connectivity index (χ2n) is 6.57. The van der Waals surface area contributed by atoms with E-state index in [4.69, 9.17) is 9.47 Å². The minimum Gasteiger partial charge on any atom is -0.493 e. The van der Waals surface area contributed by atoms with E-state index < -0.39 is 0 Å². The van der Waals surface area contributed by atoms with Gasteiger partial charge in [-0.2, -0.15) is 5.10 Å². The van der Waals surface area contributed by atoms with Gasteiger partial charge in [0.05, 0.1) is 13.3 Å². The van der Waals surface area contributed by atoms with E-state index in [1.807, 2.05) is 19.1 Å². The van der Waals surface area contributed by atoms with Crippen molar-refractivity contribution in [3.8, 4) is 11.5 Å². The van der Waals surface area contributed by atoms with Gasteiger partial charge in [0, 0.05) is 30.9 Å². The molecule has 0 spiro atoms. The van der Waals surface area contributed by atoms with E-state index in [0.29, 0.717) is 29.2 Å². The summed E-state index contributed by atoms with van der Waals surface area (Å²) in [6, 6.07) is 12.6. The standard InChI is InChI=1S/C23H30N4O4/c1-5-24-22(28)16-31-20-13-8-17(14-21(20)30-4)15-25-26-23(29)18-9-11-19(12-10-18)27(6-2)7-3/h8-15H,5-7,16H2,1-4H3,(H,24,28)(H,26,29)/b25-15-. The average molecular weight is 427 g/mol. The number of nitrogens with zero attached hydrogens (tertiary/aromatic N) is 2. The number of ether oxygens (including phenoxy) is 2. The third kappa shape index (κ3) is 7.02. The molecule has 2 amide bonds. The topological polar surface area (TPSA) is 92.3 Å². The molecule has 0 aliphatic carbocycles. The number of carbonyl (C=O) groups excluding carboxylic acids is 2. The number of anilines is 1. The summed E-state index contributed by atoms with van der Waals surface area (Å²) in [6.07, 6.45) is 1.51. The lowest BCUT2D eigenvalue weighted by atomic mass is 10.2. The summed E-state index contributed by atoms with van der Waals surface area (Å²) < 4.78 is 10.8. The molecular formula is C23H30N4O4. The Morgan fingerprint density at radius 2 is 1.74 bits per heavy atom. The fourth-order valence-corrected chi connectivity index (χ4v) is 2.92. The zero-order valence-electron chi connectivity index (χ0n) is 18.5. The number of likely N-dealkylation sites (N-methyl/N-ethyl adjacent to an activating group) is 1. The van der Waals surface area contributed by atoms with Crippen molar-refractivity contribution in [3.63, 3.8) is 0 Å². The molecule has 2 N–H and O–H groups in total. The first-order chi connectivity index (χ1) is 15.0. The van der Waals surface area contributed by atoms with Crippen molar-refractivity contribution in [2.45, 2.75) is 20.8 Å². The highest BCUT2D eigenvalue weighted by molar-refractivity contribution is 5.95. The SMILES string of the molecule is CCNC(=O)COc1ccc(/C=N\NC(=O)c2ccc(N(CC)CC)cc2)cc1OC. The monoisotopic (exact) mass is 426 g/mol. The number of nitrogens with one attached hydrogen (secondary N) is 2. The van der Waals surface area contributed by atoms with Gasteiger partial charge in [0.1, 0.15) is 0 Å². The molecule has 166 valence electrons. The second kappa shape index (κ2) is 12.2. The number of benzene rings is 2. The summed E-state index contributed by atoms with van der Waals surface area (Å²) in [5.74, 6) is 0.411. The van der Waals surface area contributed by atoms with E-state index in [9.17, 15) is 9.59 Å². The molecule has 2 rings (SSSR count). The minimum atomic E-state index is -0.295. The van der Waals surface area contributed by atoms with Gasteiger partial charge >= 0.3 is 0 Å². The normalized spacial score (nSPS) is 10.6. The van der Waals surface area contributed by atoms with Crippen LogP contribution in [0.3, 0.4) is 0 Å². The molecule has 0 aliphatic heterocycles. The first-order valence-corrected chi connectivity index (χ1v) is 10.3. The third-order valence-electron chi connectivity index (χ3n) is 4.56. The molecule has 0 bridgehead atoms. The van der Waals surface area contributed by atoms with Crippen molar-refractivity contribution < 1.29 is 19.1 Å². The van der Waals surface area contributed by atoms with Crippen LogP contribution in [0.5, 0.6) is 11.5 Å². The zero-order chi connectivity index (χ0) is 22.6. The Morgan fingerprint density at radius 3 is 2.35 bits per heavy atom. The highest BCUT2D eigenvalue weighted by atomic mass is 16.5. The highest BCUT2D eigenvalue weighted by Crippen LogP contribution is 2.27. The summed E-state index contributed by atoms with van der Waals surface area (Å²) >= 11 is 0. The first kappa shape index (κ1) is 23.7. The van der Waals surface area contributed by atoms with Crippen LogP contribution >= 0.6 is 0 Å². The molecule has 0 aromatic heterocycles. The van der Waals surface area contributed by atoms with Crippen LogP contribution in [-0.4, -0.2) is 51.4 Å². The first-order valence-electron chi connectivity index (χ1n) is 10.3. The van der Waals surface area contributed by atoms with Gasteiger partial charge in [-0.3, -0.25) is 9.59 Å². The molecule has 0 atom stereocenters. The van der Waals surface area contributed by atoms with E-state index in [0.717, 1.165) is 18.8 Å². The summed E-state index contributed by atoms with van der Waals surface area (Å²) in [5.41, 5.74) is 4.83. The molecule has 0 heterocycles. The Bertz CT molecular complexity index is 893. The van der Waals surface area contributed by atoms with E-state index in [1.54, 1.807) is 30.3 Å². The largest absolute Gasteiger partial charge is 0.493 e. The fraction of sp³-hybridized carbons (Fsp3) is 0.348. The molecule has 31 heavy (non-hydrogen) atoms. The van der Waals surface area contributed by atoms with Crippen molar-refractivity contribution in [1.29, 1.82) is 0 Å². The maximum Gasteiger partial charge on any atom is 0.271 e. The fourth-order valence-electron chi connectivity index (χ4n) is 2.92. The van der Waals surface area contributed by atoms with Gasteiger partial charge in [0.25, 0.3) is 11.8 Å². The van der Waals surface area contributed by atoms with Crippen molar-refractivity contribution in [3.05, 3.63) is 53.6 Å². The molecule has 8 nitrogen and oxygen atoms in total. The Labute approximate surface area is 183 Å². The van der Waals surface area contributed by atoms with Gasteiger partial charge in [-0.25, -0.2) is 5.43 Å². The van der Waals surface area contributed by atoms with Crippen LogP contribution in [0.4, 0.5) is 5.69 Å². The highest BCUT2D eigenvalue weighted by Gasteiger charge is 2.09. The predicted molar refractivity (Wildman–Crippen MR) is 122 cm³/mol. The number of methoxy groups -OCH3 is 1. The van der Waals surface area contributed by atoms with Crippen molar-refractivity contribution in [1.82, 2.24) is 10.7 Å². The Morgan fingerprint density at radius 1 is 1.03 bits per heavy atom. The number of carbonyl (C=O) groups is 2. The van der Waals surface area contributed by atoms with Crippen LogP contribution in [-0.2, 0) is 4.79 Å². The van der Waals surface area contributed by atoms with Crippen LogP contribution in [0.25, 0.3) is 0 Å². The molecular weight excluding hydrogens is 396 g/mol. The third-order valence-corrected chi connectivity index (χ3v) is 4.56. The smallest absolute Gasteiger partial charge is 0.271 e. The van der Waals surface area contributed by atoms with Crippen molar-refractivity contribution >= 4 is 23.7 Å². The second-order valence-corrected chi connectivity index (χ2v) is 6.57. The minimum absolute atomic E-state index is 0.0965. The summed E-state index contributed by atoms with van der Waals surface area (Å²) in [7, 11) is 1.51. The van der Waals surface area contributed by atoms with Crippen LogP contribution in [0.15, 0.2) is 47.6 Å². The molecule has 0 fully saturated rings. The molecule has 0 saturated heterocycles. The Kier molecular flexibility index (Phi) is 9.35.